The van der Waals surface area contributed by atoms with Crippen LogP contribution >= 0.6 is 22.7 Å². The Morgan fingerprint density at radius 1 is 1.31 bits per heavy atom. The summed E-state index contributed by atoms with van der Waals surface area (Å²) in [6.45, 7) is 0. The van der Waals surface area contributed by atoms with E-state index in [1.54, 1.807) is 12.1 Å². The first-order chi connectivity index (χ1) is 7.66. The molecule has 2 N–H and O–H groups in total. The molecule has 2 aromatic heterocycles. The van der Waals surface area contributed by atoms with Gasteiger partial charge >= 0.3 is 5.97 Å². The molecule has 16 heavy (non-hydrogen) atoms. The van der Waals surface area contributed by atoms with Gasteiger partial charge in [0.1, 0.15) is 0 Å². The molecular formula is C10H7NO3S2. The fraction of sp³-hybridized carbons (Fsp3) is 0. The average Bonchev–Trinajstić information content (AvgIpc) is 2.87. The lowest BCUT2D eigenvalue weighted by atomic mass is 10.3. The number of hydrogen-bond donors (Lipinski definition) is 2. The molecule has 0 aromatic carbocycles. The highest BCUT2D eigenvalue weighted by atomic mass is 32.1. The fourth-order valence-corrected chi connectivity index (χ4v) is 2.48. The molecule has 2 heterocycles. The quantitative estimate of drug-likeness (QED) is 0.883. The van der Waals surface area contributed by atoms with Crippen LogP contribution in [0.5, 0.6) is 0 Å². The number of carboxylic acids is 1. The Labute approximate surface area is 99.2 Å². The van der Waals surface area contributed by atoms with Crippen LogP contribution in [0, 0.1) is 0 Å². The van der Waals surface area contributed by atoms with E-state index in [4.69, 9.17) is 5.11 Å². The summed E-state index contributed by atoms with van der Waals surface area (Å²) in [5.74, 6) is -1.21. The van der Waals surface area contributed by atoms with E-state index in [1.165, 1.54) is 34.1 Å². The molecule has 2 rings (SSSR count). The highest BCUT2D eigenvalue weighted by Gasteiger charge is 2.10. The van der Waals surface area contributed by atoms with E-state index in [-0.39, 0.29) is 11.5 Å². The van der Waals surface area contributed by atoms with Crippen LogP contribution in [-0.2, 0) is 0 Å². The van der Waals surface area contributed by atoms with Crippen LogP contribution in [0.3, 0.4) is 0 Å². The van der Waals surface area contributed by atoms with Gasteiger partial charge in [0.2, 0.25) is 0 Å². The third kappa shape index (κ3) is 2.29. The first kappa shape index (κ1) is 10.8. The average molecular weight is 253 g/mol. The molecule has 0 aliphatic carbocycles. The molecule has 0 saturated heterocycles. The monoisotopic (exact) mass is 253 g/mol. The predicted octanol–water partition coefficient (Wildman–Crippen LogP) is 2.76. The highest BCUT2D eigenvalue weighted by molar-refractivity contribution is 7.15. The smallest absolute Gasteiger partial charge is 0.336 e. The van der Waals surface area contributed by atoms with Gasteiger partial charge in [-0.2, -0.15) is 0 Å². The number of thiophene rings is 2. The molecular weight excluding hydrogens is 246 g/mol. The maximum absolute atomic E-state index is 11.6. The fourth-order valence-electron chi connectivity index (χ4n) is 1.10. The number of carbonyl (C=O) groups is 2. The van der Waals surface area contributed by atoms with Gasteiger partial charge in [-0.15, -0.1) is 22.7 Å². The van der Waals surface area contributed by atoms with Crippen molar-refractivity contribution >= 4 is 39.6 Å². The lowest BCUT2D eigenvalue weighted by Gasteiger charge is -1.98. The number of nitrogens with one attached hydrogen (secondary N) is 1. The number of carboxylic acid groups (broad SMARTS) is 1. The van der Waals surface area contributed by atoms with Gasteiger partial charge in [0.25, 0.3) is 5.91 Å². The Balaban J connectivity index is 2.09. The van der Waals surface area contributed by atoms with Crippen LogP contribution < -0.4 is 5.32 Å². The standard InChI is InChI=1S/C10H7NO3S2/c12-9(7-2-1-3-15-7)11-8-4-6(5-16-8)10(13)14/h1-5H,(H,11,12)(H,13,14). The Kier molecular flexibility index (Phi) is 3.02. The highest BCUT2D eigenvalue weighted by Crippen LogP contribution is 2.21. The van der Waals surface area contributed by atoms with Gasteiger partial charge in [-0.05, 0) is 17.5 Å². The van der Waals surface area contributed by atoms with Gasteiger partial charge in [0, 0.05) is 5.38 Å². The summed E-state index contributed by atoms with van der Waals surface area (Å²) < 4.78 is 0. The van der Waals surface area contributed by atoms with Crippen molar-refractivity contribution in [1.29, 1.82) is 0 Å². The predicted molar refractivity (Wildman–Crippen MR) is 63.6 cm³/mol. The van der Waals surface area contributed by atoms with Crippen LogP contribution in [-0.4, -0.2) is 17.0 Å². The number of rotatable bonds is 3. The van der Waals surface area contributed by atoms with E-state index in [0.717, 1.165) is 0 Å². The zero-order valence-electron chi connectivity index (χ0n) is 7.97. The molecule has 2 aromatic rings. The Hall–Kier alpha value is -1.66. The van der Waals surface area contributed by atoms with Crippen LogP contribution in [0.4, 0.5) is 5.00 Å². The summed E-state index contributed by atoms with van der Waals surface area (Å²) in [7, 11) is 0. The molecule has 0 atom stereocenters. The first-order valence-corrected chi connectivity index (χ1v) is 6.09. The summed E-state index contributed by atoms with van der Waals surface area (Å²) in [6, 6.07) is 4.95. The lowest BCUT2D eigenvalue weighted by molar-refractivity contribution is 0.0697. The molecule has 0 saturated carbocycles. The van der Waals surface area contributed by atoms with Crippen LogP contribution in [0.25, 0.3) is 0 Å². The molecule has 0 bridgehead atoms. The molecule has 0 aliphatic rings. The second-order valence-electron chi connectivity index (χ2n) is 2.94. The molecule has 82 valence electrons. The molecule has 0 aliphatic heterocycles. The number of amides is 1. The van der Waals surface area contributed by atoms with E-state index >= 15 is 0 Å². The zero-order chi connectivity index (χ0) is 11.5. The van der Waals surface area contributed by atoms with Gasteiger partial charge in [-0.1, -0.05) is 6.07 Å². The van der Waals surface area contributed by atoms with E-state index in [2.05, 4.69) is 5.32 Å². The normalized spacial score (nSPS) is 10.0. The van der Waals surface area contributed by atoms with Gasteiger partial charge < -0.3 is 10.4 Å². The minimum atomic E-state index is -0.993. The topological polar surface area (TPSA) is 66.4 Å². The second-order valence-corrected chi connectivity index (χ2v) is 4.80. The van der Waals surface area contributed by atoms with E-state index in [1.807, 2.05) is 5.38 Å². The number of carbonyl (C=O) groups excluding carboxylic acids is 1. The van der Waals surface area contributed by atoms with E-state index < -0.39 is 5.97 Å². The van der Waals surface area contributed by atoms with Crippen molar-refractivity contribution in [3.8, 4) is 0 Å². The summed E-state index contributed by atoms with van der Waals surface area (Å²) in [5, 5.41) is 15.2. The third-order valence-electron chi connectivity index (χ3n) is 1.83. The van der Waals surface area contributed by atoms with Crippen LogP contribution in [0.1, 0.15) is 20.0 Å². The number of hydrogen-bond acceptors (Lipinski definition) is 4. The van der Waals surface area contributed by atoms with Crippen LogP contribution in [0.2, 0.25) is 0 Å². The SMILES string of the molecule is O=C(O)c1csc(NC(=O)c2cccs2)c1. The molecule has 0 unspecified atom stereocenters. The number of aromatic carboxylic acids is 1. The molecule has 4 nitrogen and oxygen atoms in total. The van der Waals surface area contributed by atoms with Gasteiger partial charge in [-0.25, -0.2) is 4.79 Å². The second kappa shape index (κ2) is 4.46. The lowest BCUT2D eigenvalue weighted by Crippen LogP contribution is -2.08. The van der Waals surface area contributed by atoms with Crippen molar-refractivity contribution in [2.75, 3.05) is 5.32 Å². The van der Waals surface area contributed by atoms with Crippen molar-refractivity contribution in [3.05, 3.63) is 39.4 Å². The first-order valence-electron chi connectivity index (χ1n) is 4.33. The maximum Gasteiger partial charge on any atom is 0.336 e. The largest absolute Gasteiger partial charge is 0.478 e. The molecule has 0 fully saturated rings. The maximum atomic E-state index is 11.6. The third-order valence-corrected chi connectivity index (χ3v) is 3.54. The molecule has 1 amide bonds. The molecule has 0 radical (unpaired) electrons. The Morgan fingerprint density at radius 3 is 2.69 bits per heavy atom. The zero-order valence-corrected chi connectivity index (χ0v) is 9.60. The van der Waals surface area contributed by atoms with Crippen molar-refractivity contribution in [2.24, 2.45) is 0 Å². The minimum Gasteiger partial charge on any atom is -0.478 e. The molecule has 0 spiro atoms. The minimum absolute atomic E-state index is 0.187. The summed E-state index contributed by atoms with van der Waals surface area (Å²) in [6.07, 6.45) is 0. The van der Waals surface area contributed by atoms with Gasteiger partial charge in [0.15, 0.2) is 0 Å². The van der Waals surface area contributed by atoms with Gasteiger partial charge in [-0.3, -0.25) is 4.79 Å². The van der Waals surface area contributed by atoms with Crippen molar-refractivity contribution in [2.45, 2.75) is 0 Å². The van der Waals surface area contributed by atoms with E-state index in [0.29, 0.717) is 9.88 Å². The summed E-state index contributed by atoms with van der Waals surface area (Å²) in [4.78, 5) is 22.8. The van der Waals surface area contributed by atoms with Crippen molar-refractivity contribution < 1.29 is 14.7 Å². The summed E-state index contributed by atoms with van der Waals surface area (Å²) in [5.41, 5.74) is 0.187. The van der Waals surface area contributed by atoms with Crippen LogP contribution in [0.15, 0.2) is 29.0 Å². The Morgan fingerprint density at radius 2 is 2.12 bits per heavy atom. The Bertz CT molecular complexity index is 516. The summed E-state index contributed by atoms with van der Waals surface area (Å²) >= 11 is 2.53. The molecule has 6 heteroatoms. The number of anilines is 1. The van der Waals surface area contributed by atoms with E-state index in [9.17, 15) is 9.59 Å². The van der Waals surface area contributed by atoms with Crippen molar-refractivity contribution in [3.63, 3.8) is 0 Å². The van der Waals surface area contributed by atoms with Gasteiger partial charge in [0.05, 0.1) is 15.4 Å². The van der Waals surface area contributed by atoms with Crippen molar-refractivity contribution in [1.82, 2.24) is 0 Å².